The Morgan fingerprint density at radius 3 is 2.91 bits per heavy atom. The second kappa shape index (κ2) is 5.64. The zero-order valence-corrected chi connectivity index (χ0v) is 14.5. The summed E-state index contributed by atoms with van der Waals surface area (Å²) in [4.78, 5) is 20.1. The molecule has 0 spiro atoms. The number of anilines is 1. The van der Waals surface area contributed by atoms with Crippen LogP contribution in [0.5, 0.6) is 0 Å². The highest BCUT2D eigenvalue weighted by atomic mass is 79.9. The highest BCUT2D eigenvalue weighted by molar-refractivity contribution is 9.10. The Labute approximate surface area is 143 Å². The highest BCUT2D eigenvalue weighted by Gasteiger charge is 2.33. The Morgan fingerprint density at radius 1 is 1.26 bits per heavy atom. The van der Waals surface area contributed by atoms with E-state index in [4.69, 9.17) is 0 Å². The first-order chi connectivity index (χ1) is 11.1. The van der Waals surface area contributed by atoms with E-state index in [1.165, 1.54) is 24.1 Å². The van der Waals surface area contributed by atoms with Gasteiger partial charge in [-0.2, -0.15) is 0 Å². The molecule has 2 aliphatic rings. The molecule has 1 aliphatic carbocycles. The molecular weight excluding hydrogens is 354 g/mol. The fraction of sp³-hybridized carbons (Fsp3) is 0.333. The van der Waals surface area contributed by atoms with E-state index in [1.807, 2.05) is 19.1 Å². The van der Waals surface area contributed by atoms with Crippen molar-refractivity contribution in [2.24, 2.45) is 0 Å². The lowest BCUT2D eigenvalue weighted by atomic mass is 9.77. The summed E-state index contributed by atoms with van der Waals surface area (Å²) in [5.41, 5.74) is 4.45. The summed E-state index contributed by atoms with van der Waals surface area (Å²) in [6.07, 6.45) is 4.44. The number of nitrogens with zero attached hydrogens (tertiary/aromatic N) is 1. The standard InChI is InChI=1S/C18H18BrN3O/c1-10-20-17-16(18(23)21-10)15(11-5-4-6-12(19)9-11)13-7-2-3-8-14(13)22-17/h4-6,9,15H,2-3,7-8H2,1H3,(H2,20,21,22,23). The van der Waals surface area contributed by atoms with Crippen molar-refractivity contribution in [3.05, 3.63) is 67.3 Å². The van der Waals surface area contributed by atoms with Crippen molar-refractivity contribution in [1.82, 2.24) is 9.97 Å². The number of aromatic nitrogens is 2. The summed E-state index contributed by atoms with van der Waals surface area (Å²) in [6, 6.07) is 8.25. The van der Waals surface area contributed by atoms with Crippen molar-refractivity contribution in [2.75, 3.05) is 5.32 Å². The molecule has 2 aromatic rings. The van der Waals surface area contributed by atoms with Gasteiger partial charge in [0.05, 0.1) is 5.56 Å². The van der Waals surface area contributed by atoms with Gasteiger partial charge in [0.1, 0.15) is 11.6 Å². The fourth-order valence-electron chi connectivity index (χ4n) is 3.72. The van der Waals surface area contributed by atoms with Crippen LogP contribution in [0.25, 0.3) is 0 Å². The Bertz CT molecular complexity index is 869. The predicted molar refractivity (Wildman–Crippen MR) is 94.7 cm³/mol. The van der Waals surface area contributed by atoms with Crippen LogP contribution >= 0.6 is 15.9 Å². The van der Waals surface area contributed by atoms with Crippen LogP contribution in [-0.2, 0) is 0 Å². The molecule has 4 nitrogen and oxygen atoms in total. The lowest BCUT2D eigenvalue weighted by molar-refractivity contribution is 0.630. The minimum absolute atomic E-state index is 0.00380. The first-order valence-electron chi connectivity index (χ1n) is 7.98. The smallest absolute Gasteiger partial charge is 0.257 e. The molecular formula is C18H18BrN3O. The first kappa shape index (κ1) is 14.7. The number of rotatable bonds is 1. The fourth-order valence-corrected chi connectivity index (χ4v) is 4.14. The van der Waals surface area contributed by atoms with Crippen molar-refractivity contribution in [3.63, 3.8) is 0 Å². The zero-order chi connectivity index (χ0) is 16.0. The molecule has 0 saturated carbocycles. The summed E-state index contributed by atoms with van der Waals surface area (Å²) in [7, 11) is 0. The molecule has 23 heavy (non-hydrogen) atoms. The van der Waals surface area contributed by atoms with Gasteiger partial charge in [-0.3, -0.25) is 4.79 Å². The third kappa shape index (κ3) is 2.53. The summed E-state index contributed by atoms with van der Waals surface area (Å²) in [5, 5.41) is 3.43. The molecule has 0 fully saturated rings. The van der Waals surface area contributed by atoms with Gasteiger partial charge in [-0.25, -0.2) is 4.98 Å². The van der Waals surface area contributed by atoms with Gasteiger partial charge < -0.3 is 10.3 Å². The third-order valence-corrected chi connectivity index (χ3v) is 5.17. The molecule has 2 heterocycles. The lowest BCUT2D eigenvalue weighted by Gasteiger charge is -2.33. The summed E-state index contributed by atoms with van der Waals surface area (Å²) < 4.78 is 1.03. The number of H-pyrrole nitrogens is 1. The Morgan fingerprint density at radius 2 is 2.09 bits per heavy atom. The Hall–Kier alpha value is -1.88. The average molecular weight is 372 g/mol. The maximum atomic E-state index is 12.7. The van der Waals surface area contributed by atoms with Crippen molar-refractivity contribution in [3.8, 4) is 0 Å². The molecule has 0 radical (unpaired) electrons. The SMILES string of the molecule is Cc1nc2c(c(=O)[nH]1)C(c1cccc(Br)c1)C1=C(CCCC1)N2. The van der Waals surface area contributed by atoms with Gasteiger partial charge in [-0.1, -0.05) is 28.1 Å². The predicted octanol–water partition coefficient (Wildman–Crippen LogP) is 4.23. The minimum atomic E-state index is -0.0397. The summed E-state index contributed by atoms with van der Waals surface area (Å²) in [6.45, 7) is 1.82. The van der Waals surface area contributed by atoms with Crippen LogP contribution in [0.2, 0.25) is 0 Å². The van der Waals surface area contributed by atoms with E-state index >= 15 is 0 Å². The van der Waals surface area contributed by atoms with Gasteiger partial charge in [0.25, 0.3) is 5.56 Å². The minimum Gasteiger partial charge on any atom is -0.343 e. The monoisotopic (exact) mass is 371 g/mol. The van der Waals surface area contributed by atoms with Gasteiger partial charge in [0.15, 0.2) is 0 Å². The largest absolute Gasteiger partial charge is 0.343 e. The quantitative estimate of drug-likeness (QED) is 0.788. The molecule has 1 atom stereocenters. The lowest BCUT2D eigenvalue weighted by Crippen LogP contribution is -2.29. The van der Waals surface area contributed by atoms with Crippen LogP contribution < -0.4 is 10.9 Å². The Kier molecular flexibility index (Phi) is 3.60. The van der Waals surface area contributed by atoms with Crippen LogP contribution in [0.15, 0.2) is 44.8 Å². The number of aryl methyl sites for hydroxylation is 1. The van der Waals surface area contributed by atoms with Crippen molar-refractivity contribution < 1.29 is 0 Å². The maximum absolute atomic E-state index is 12.7. The second-order valence-corrected chi connectivity index (χ2v) is 7.15. The van der Waals surface area contributed by atoms with E-state index in [1.54, 1.807) is 0 Å². The van der Waals surface area contributed by atoms with E-state index in [0.29, 0.717) is 5.82 Å². The number of aromatic amines is 1. The van der Waals surface area contributed by atoms with E-state index in [-0.39, 0.29) is 11.5 Å². The maximum Gasteiger partial charge on any atom is 0.257 e. The van der Waals surface area contributed by atoms with Crippen LogP contribution in [0, 0.1) is 6.92 Å². The van der Waals surface area contributed by atoms with Gasteiger partial charge in [0, 0.05) is 16.1 Å². The third-order valence-electron chi connectivity index (χ3n) is 4.67. The van der Waals surface area contributed by atoms with Crippen LogP contribution in [-0.4, -0.2) is 9.97 Å². The summed E-state index contributed by atoms with van der Waals surface area (Å²) >= 11 is 3.55. The normalized spacial score (nSPS) is 19.8. The van der Waals surface area contributed by atoms with Crippen LogP contribution in [0.3, 0.4) is 0 Å². The number of benzene rings is 1. The molecule has 0 bridgehead atoms. The van der Waals surface area contributed by atoms with Crippen molar-refractivity contribution in [1.29, 1.82) is 0 Å². The number of hydrogen-bond acceptors (Lipinski definition) is 3. The molecule has 118 valence electrons. The van der Waals surface area contributed by atoms with Gasteiger partial charge in [-0.15, -0.1) is 0 Å². The molecule has 1 aliphatic heterocycles. The molecule has 2 N–H and O–H groups in total. The van der Waals surface area contributed by atoms with Crippen molar-refractivity contribution >= 4 is 21.7 Å². The topological polar surface area (TPSA) is 57.8 Å². The van der Waals surface area contributed by atoms with Gasteiger partial charge in [-0.05, 0) is 55.9 Å². The van der Waals surface area contributed by atoms with Crippen LogP contribution in [0.1, 0.15) is 48.6 Å². The molecule has 4 rings (SSSR count). The summed E-state index contributed by atoms with van der Waals surface area (Å²) in [5.74, 6) is 1.36. The number of fused-ring (bicyclic) bond motifs is 1. The average Bonchev–Trinajstić information content (AvgIpc) is 2.52. The van der Waals surface area contributed by atoms with E-state index in [0.717, 1.165) is 34.3 Å². The number of hydrogen-bond donors (Lipinski definition) is 2. The van der Waals surface area contributed by atoms with E-state index in [9.17, 15) is 4.79 Å². The highest BCUT2D eigenvalue weighted by Crippen LogP contribution is 2.44. The molecule has 0 amide bonds. The van der Waals surface area contributed by atoms with Crippen LogP contribution in [0.4, 0.5) is 5.82 Å². The number of halogens is 1. The van der Waals surface area contributed by atoms with E-state index < -0.39 is 0 Å². The van der Waals surface area contributed by atoms with Gasteiger partial charge in [0.2, 0.25) is 0 Å². The Balaban J connectivity index is 1.97. The first-order valence-corrected chi connectivity index (χ1v) is 8.78. The molecule has 1 aromatic carbocycles. The molecule has 0 saturated heterocycles. The molecule has 1 aromatic heterocycles. The number of nitrogens with one attached hydrogen (secondary N) is 2. The van der Waals surface area contributed by atoms with Crippen molar-refractivity contribution in [2.45, 2.75) is 38.5 Å². The van der Waals surface area contributed by atoms with E-state index in [2.05, 4.69) is 43.3 Å². The zero-order valence-electron chi connectivity index (χ0n) is 12.9. The second-order valence-electron chi connectivity index (χ2n) is 6.24. The molecule has 1 unspecified atom stereocenters. The van der Waals surface area contributed by atoms with Gasteiger partial charge >= 0.3 is 0 Å². The number of allylic oxidation sites excluding steroid dienone is 2. The molecule has 5 heteroatoms.